The van der Waals surface area contributed by atoms with Crippen LogP contribution in [-0.2, 0) is 10.7 Å². The quantitative estimate of drug-likeness (QED) is 0.734. The number of nitrogens with zero attached hydrogens (tertiary/aromatic N) is 1. The van der Waals surface area contributed by atoms with Crippen LogP contribution in [0, 0.1) is 0 Å². The molecule has 0 spiro atoms. The average molecular weight is 190 g/mol. The Balaban J connectivity index is 2.81. The molecule has 0 aliphatic rings. The number of hydrogen-bond acceptors (Lipinski definition) is 3. The molecule has 1 aromatic rings. The summed E-state index contributed by atoms with van der Waals surface area (Å²) in [6.07, 6.45) is 1.36. The van der Waals surface area contributed by atoms with Gasteiger partial charge in [-0.05, 0) is 6.92 Å². The fourth-order valence-electron chi connectivity index (χ4n) is 0.689. The number of aliphatic carboxylic acids is 1. The van der Waals surface area contributed by atoms with Crippen molar-refractivity contribution in [2.75, 3.05) is 0 Å². The summed E-state index contributed by atoms with van der Waals surface area (Å²) in [5.41, 5.74) is 0.555. The third-order valence-electron chi connectivity index (χ3n) is 1.45. The molecule has 1 aromatic heterocycles. The van der Waals surface area contributed by atoms with Crippen LogP contribution >= 0.6 is 11.6 Å². The van der Waals surface area contributed by atoms with Crippen LogP contribution in [0.2, 0.25) is 0 Å². The number of rotatable bonds is 3. The summed E-state index contributed by atoms with van der Waals surface area (Å²) in [7, 11) is 0. The molecule has 0 saturated carbocycles. The zero-order chi connectivity index (χ0) is 9.14. The fourth-order valence-corrected chi connectivity index (χ4v) is 0.811. The van der Waals surface area contributed by atoms with Gasteiger partial charge in [0.05, 0.1) is 11.6 Å². The van der Waals surface area contributed by atoms with E-state index < -0.39 is 11.9 Å². The highest BCUT2D eigenvalue weighted by molar-refractivity contribution is 6.16. The van der Waals surface area contributed by atoms with Crippen LogP contribution < -0.4 is 0 Å². The number of hydrogen-bond donors (Lipinski definition) is 1. The fraction of sp³-hybridized carbons (Fsp3) is 0.429. The van der Waals surface area contributed by atoms with Crippen molar-refractivity contribution in [3.8, 4) is 0 Å². The minimum atomic E-state index is -0.960. The predicted octanol–water partition coefficient (Wildman–Crippen LogP) is 1.60. The molecular weight excluding hydrogens is 182 g/mol. The number of carboxylic acid groups (broad SMARTS) is 1. The van der Waals surface area contributed by atoms with E-state index in [1.807, 2.05) is 0 Å². The highest BCUT2D eigenvalue weighted by atomic mass is 35.5. The van der Waals surface area contributed by atoms with Gasteiger partial charge in [0.1, 0.15) is 12.2 Å². The van der Waals surface area contributed by atoms with Crippen LogP contribution in [0.15, 0.2) is 10.7 Å². The number of aromatic nitrogens is 1. The van der Waals surface area contributed by atoms with Gasteiger partial charge in [-0.25, -0.2) is 4.98 Å². The van der Waals surface area contributed by atoms with Crippen LogP contribution in [0.25, 0.3) is 0 Å². The maximum absolute atomic E-state index is 10.5. The van der Waals surface area contributed by atoms with Crippen molar-refractivity contribution in [2.24, 2.45) is 0 Å². The summed E-state index contributed by atoms with van der Waals surface area (Å²) in [5.74, 6) is -1.26. The Morgan fingerprint density at radius 1 is 1.92 bits per heavy atom. The van der Waals surface area contributed by atoms with Crippen molar-refractivity contribution in [2.45, 2.75) is 18.7 Å². The third kappa shape index (κ3) is 1.76. The van der Waals surface area contributed by atoms with Gasteiger partial charge in [0.2, 0.25) is 5.89 Å². The van der Waals surface area contributed by atoms with E-state index in [0.29, 0.717) is 5.69 Å². The van der Waals surface area contributed by atoms with Gasteiger partial charge >= 0.3 is 5.97 Å². The Hall–Kier alpha value is -1.03. The average Bonchev–Trinajstić information content (AvgIpc) is 2.50. The predicted molar refractivity (Wildman–Crippen MR) is 42.1 cm³/mol. The summed E-state index contributed by atoms with van der Waals surface area (Å²) in [5, 5.41) is 8.58. The molecule has 1 N–H and O–H groups in total. The first-order valence-electron chi connectivity index (χ1n) is 3.38. The molecule has 1 heterocycles. The Labute approximate surface area is 74.2 Å². The Morgan fingerprint density at radius 2 is 2.58 bits per heavy atom. The minimum absolute atomic E-state index is 0.193. The zero-order valence-electron chi connectivity index (χ0n) is 6.45. The van der Waals surface area contributed by atoms with Crippen molar-refractivity contribution in [3.05, 3.63) is 17.8 Å². The lowest BCUT2D eigenvalue weighted by atomic mass is 10.2. The molecule has 12 heavy (non-hydrogen) atoms. The van der Waals surface area contributed by atoms with Gasteiger partial charge in [-0.3, -0.25) is 4.79 Å². The minimum Gasteiger partial charge on any atom is -0.481 e. The normalized spacial score (nSPS) is 12.8. The monoisotopic (exact) mass is 189 g/mol. The molecule has 0 amide bonds. The number of halogens is 1. The van der Waals surface area contributed by atoms with Gasteiger partial charge in [-0.15, -0.1) is 11.6 Å². The van der Waals surface area contributed by atoms with E-state index in [-0.39, 0.29) is 11.8 Å². The standard InChI is InChI=1S/C7H8ClNO3/c1-4(7(10)11)6-9-5(2-8)3-12-6/h3-4H,2H2,1H3,(H,10,11). The van der Waals surface area contributed by atoms with Crippen molar-refractivity contribution >= 4 is 17.6 Å². The van der Waals surface area contributed by atoms with Gasteiger partial charge in [0.15, 0.2) is 0 Å². The van der Waals surface area contributed by atoms with Gasteiger partial charge in [-0.1, -0.05) is 0 Å². The van der Waals surface area contributed by atoms with Crippen molar-refractivity contribution in [3.63, 3.8) is 0 Å². The maximum atomic E-state index is 10.5. The SMILES string of the molecule is CC(C(=O)O)c1nc(CCl)co1. The lowest BCUT2D eigenvalue weighted by Gasteiger charge is -1.97. The van der Waals surface area contributed by atoms with Gasteiger partial charge in [0, 0.05) is 0 Å². The first-order chi connectivity index (χ1) is 5.65. The van der Waals surface area contributed by atoms with Gasteiger partial charge in [0.25, 0.3) is 0 Å². The van der Waals surface area contributed by atoms with Crippen LogP contribution in [0.4, 0.5) is 0 Å². The van der Waals surface area contributed by atoms with Crippen LogP contribution in [0.5, 0.6) is 0 Å². The molecule has 0 radical (unpaired) electrons. The third-order valence-corrected chi connectivity index (χ3v) is 1.72. The number of carbonyl (C=O) groups is 1. The second-order valence-corrected chi connectivity index (χ2v) is 2.64. The highest BCUT2D eigenvalue weighted by Crippen LogP contribution is 2.15. The first-order valence-corrected chi connectivity index (χ1v) is 3.91. The van der Waals surface area contributed by atoms with Crippen LogP contribution in [0.1, 0.15) is 24.4 Å². The summed E-state index contributed by atoms with van der Waals surface area (Å²) in [6.45, 7) is 1.51. The summed E-state index contributed by atoms with van der Waals surface area (Å²) >= 11 is 5.45. The van der Waals surface area contributed by atoms with E-state index in [2.05, 4.69) is 4.98 Å². The summed E-state index contributed by atoms with van der Waals surface area (Å²) < 4.78 is 4.90. The van der Waals surface area contributed by atoms with E-state index in [0.717, 1.165) is 0 Å². The lowest BCUT2D eigenvalue weighted by molar-refractivity contribution is -0.138. The molecular formula is C7H8ClNO3. The smallest absolute Gasteiger partial charge is 0.315 e. The van der Waals surface area contributed by atoms with Crippen LogP contribution in [0.3, 0.4) is 0 Å². The lowest BCUT2D eigenvalue weighted by Crippen LogP contribution is -2.07. The van der Waals surface area contributed by atoms with Gasteiger partial charge < -0.3 is 9.52 Å². The van der Waals surface area contributed by atoms with E-state index in [1.165, 1.54) is 13.2 Å². The van der Waals surface area contributed by atoms with Crippen molar-refractivity contribution < 1.29 is 14.3 Å². The molecule has 1 unspecified atom stereocenters. The number of carboxylic acids is 1. The molecule has 0 saturated heterocycles. The molecule has 0 aliphatic carbocycles. The molecule has 0 aliphatic heterocycles. The molecule has 5 heteroatoms. The number of oxazole rings is 1. The second kappa shape index (κ2) is 3.58. The highest BCUT2D eigenvalue weighted by Gasteiger charge is 2.18. The molecule has 4 nitrogen and oxygen atoms in total. The first kappa shape index (κ1) is 9.06. The summed E-state index contributed by atoms with van der Waals surface area (Å²) in [6, 6.07) is 0. The molecule has 1 atom stereocenters. The number of alkyl halides is 1. The van der Waals surface area contributed by atoms with Crippen molar-refractivity contribution in [1.29, 1.82) is 0 Å². The van der Waals surface area contributed by atoms with Crippen LogP contribution in [-0.4, -0.2) is 16.1 Å². The molecule has 0 fully saturated rings. The van der Waals surface area contributed by atoms with E-state index in [1.54, 1.807) is 0 Å². The molecule has 0 bridgehead atoms. The van der Waals surface area contributed by atoms with E-state index in [9.17, 15) is 4.79 Å². The van der Waals surface area contributed by atoms with E-state index >= 15 is 0 Å². The Bertz CT molecular complexity index is 284. The Kier molecular flexibility index (Phi) is 2.70. The molecule has 1 rings (SSSR count). The van der Waals surface area contributed by atoms with E-state index in [4.69, 9.17) is 21.1 Å². The van der Waals surface area contributed by atoms with Gasteiger partial charge in [-0.2, -0.15) is 0 Å². The Morgan fingerprint density at radius 3 is 3.00 bits per heavy atom. The zero-order valence-corrected chi connectivity index (χ0v) is 7.21. The maximum Gasteiger partial charge on any atom is 0.315 e. The topological polar surface area (TPSA) is 63.3 Å². The molecule has 0 aromatic carbocycles. The molecule has 66 valence electrons. The summed E-state index contributed by atoms with van der Waals surface area (Å²) in [4.78, 5) is 14.3. The van der Waals surface area contributed by atoms with Crippen molar-refractivity contribution in [1.82, 2.24) is 4.98 Å². The second-order valence-electron chi connectivity index (χ2n) is 2.37. The largest absolute Gasteiger partial charge is 0.481 e.